The monoisotopic (exact) mass is 172 g/mol. The molecule has 2 heterocycles. The van der Waals surface area contributed by atoms with Crippen molar-refractivity contribution in [1.82, 2.24) is 10.4 Å². The number of hydroxylamine groups is 2. The maximum absolute atomic E-state index is 8.74. The van der Waals surface area contributed by atoms with E-state index in [0.717, 1.165) is 25.9 Å². The standard InChI is InChI=1S/C5H11NO.C4H9N/c7-6-4-2-1-3-5-6;1-2-4-5-3-1/h7H,1-5H2;5H,1-4H2. The molecule has 0 aromatic carbocycles. The SMILES string of the molecule is C1CCNC1.ON1CCCCC1. The lowest BCUT2D eigenvalue weighted by Crippen LogP contribution is -2.25. The molecule has 0 saturated carbocycles. The molecule has 0 amide bonds. The van der Waals surface area contributed by atoms with Gasteiger partial charge in [0.2, 0.25) is 0 Å². The Labute approximate surface area is 74.7 Å². The number of nitrogens with zero attached hydrogens (tertiary/aromatic N) is 1. The zero-order valence-corrected chi connectivity index (χ0v) is 7.76. The van der Waals surface area contributed by atoms with Gasteiger partial charge >= 0.3 is 0 Å². The summed E-state index contributed by atoms with van der Waals surface area (Å²) >= 11 is 0. The summed E-state index contributed by atoms with van der Waals surface area (Å²) in [5.74, 6) is 0. The third-order valence-electron chi connectivity index (χ3n) is 2.29. The molecule has 0 bridgehead atoms. The van der Waals surface area contributed by atoms with Gasteiger partial charge < -0.3 is 10.5 Å². The summed E-state index contributed by atoms with van der Waals surface area (Å²) in [6, 6.07) is 0. The van der Waals surface area contributed by atoms with Crippen molar-refractivity contribution in [3.05, 3.63) is 0 Å². The fourth-order valence-electron chi connectivity index (χ4n) is 1.50. The van der Waals surface area contributed by atoms with Crippen LogP contribution in [0.15, 0.2) is 0 Å². The molecule has 2 rings (SSSR count). The number of piperidine rings is 1. The Morgan fingerprint density at radius 2 is 1.42 bits per heavy atom. The first-order valence-electron chi connectivity index (χ1n) is 5.04. The Morgan fingerprint density at radius 3 is 1.67 bits per heavy atom. The molecule has 3 heteroatoms. The van der Waals surface area contributed by atoms with Crippen molar-refractivity contribution in [2.24, 2.45) is 0 Å². The van der Waals surface area contributed by atoms with E-state index >= 15 is 0 Å². The van der Waals surface area contributed by atoms with Crippen LogP contribution in [0.3, 0.4) is 0 Å². The second-order valence-electron chi connectivity index (χ2n) is 3.47. The molecular weight excluding hydrogens is 152 g/mol. The first-order valence-corrected chi connectivity index (χ1v) is 5.04. The fourth-order valence-corrected chi connectivity index (χ4v) is 1.50. The van der Waals surface area contributed by atoms with E-state index in [1.165, 1.54) is 37.4 Å². The minimum Gasteiger partial charge on any atom is -0.317 e. The van der Waals surface area contributed by atoms with Gasteiger partial charge in [-0.05, 0) is 38.8 Å². The Hall–Kier alpha value is -0.120. The Morgan fingerprint density at radius 1 is 0.833 bits per heavy atom. The van der Waals surface area contributed by atoms with Crippen molar-refractivity contribution in [3.8, 4) is 0 Å². The lowest BCUT2D eigenvalue weighted by Gasteiger charge is -2.18. The van der Waals surface area contributed by atoms with Gasteiger partial charge in [-0.2, -0.15) is 5.06 Å². The van der Waals surface area contributed by atoms with E-state index in [2.05, 4.69) is 5.32 Å². The van der Waals surface area contributed by atoms with Crippen molar-refractivity contribution < 1.29 is 5.21 Å². The van der Waals surface area contributed by atoms with Gasteiger partial charge in [0.25, 0.3) is 0 Å². The van der Waals surface area contributed by atoms with Gasteiger partial charge in [0.1, 0.15) is 0 Å². The lowest BCUT2D eigenvalue weighted by atomic mass is 10.2. The van der Waals surface area contributed by atoms with Crippen molar-refractivity contribution in [2.75, 3.05) is 26.2 Å². The molecule has 72 valence electrons. The average Bonchev–Trinajstić information content (AvgIpc) is 2.62. The minimum absolute atomic E-state index is 0.875. The number of hydrogen-bond donors (Lipinski definition) is 2. The molecule has 0 radical (unpaired) electrons. The van der Waals surface area contributed by atoms with Crippen LogP contribution in [0.5, 0.6) is 0 Å². The van der Waals surface area contributed by atoms with Crippen LogP contribution in [0.4, 0.5) is 0 Å². The van der Waals surface area contributed by atoms with Gasteiger partial charge in [-0.1, -0.05) is 6.42 Å². The summed E-state index contributed by atoms with van der Waals surface area (Å²) in [6.07, 6.45) is 6.39. The van der Waals surface area contributed by atoms with Crippen LogP contribution in [0.1, 0.15) is 32.1 Å². The largest absolute Gasteiger partial charge is 0.317 e. The molecule has 0 unspecified atom stereocenters. The molecule has 2 aliphatic heterocycles. The van der Waals surface area contributed by atoms with Crippen molar-refractivity contribution in [1.29, 1.82) is 0 Å². The van der Waals surface area contributed by atoms with E-state index in [0.29, 0.717) is 0 Å². The normalized spacial score (nSPS) is 24.8. The van der Waals surface area contributed by atoms with Crippen LogP contribution in [0, 0.1) is 0 Å². The Bertz CT molecular complexity index is 91.1. The fraction of sp³-hybridized carbons (Fsp3) is 1.00. The van der Waals surface area contributed by atoms with Gasteiger partial charge in [0.15, 0.2) is 0 Å². The van der Waals surface area contributed by atoms with E-state index < -0.39 is 0 Å². The summed E-state index contributed by atoms with van der Waals surface area (Å²) in [4.78, 5) is 0. The second kappa shape index (κ2) is 6.40. The minimum atomic E-state index is 0.875. The molecule has 2 aliphatic rings. The zero-order valence-electron chi connectivity index (χ0n) is 7.76. The van der Waals surface area contributed by atoms with Gasteiger partial charge in [0, 0.05) is 13.1 Å². The van der Waals surface area contributed by atoms with E-state index in [9.17, 15) is 0 Å². The summed E-state index contributed by atoms with van der Waals surface area (Å²) < 4.78 is 0. The molecule has 0 spiro atoms. The summed E-state index contributed by atoms with van der Waals surface area (Å²) in [6.45, 7) is 4.25. The molecule has 12 heavy (non-hydrogen) atoms. The highest BCUT2D eigenvalue weighted by Crippen LogP contribution is 2.04. The van der Waals surface area contributed by atoms with Crippen molar-refractivity contribution in [3.63, 3.8) is 0 Å². The van der Waals surface area contributed by atoms with Crippen LogP contribution < -0.4 is 5.32 Å². The Kier molecular flexibility index (Phi) is 5.32. The van der Waals surface area contributed by atoms with Crippen LogP contribution in [-0.4, -0.2) is 36.4 Å². The smallest absolute Gasteiger partial charge is 0.0238 e. The summed E-state index contributed by atoms with van der Waals surface area (Å²) in [7, 11) is 0. The van der Waals surface area contributed by atoms with Crippen LogP contribution in [-0.2, 0) is 0 Å². The maximum atomic E-state index is 8.74. The van der Waals surface area contributed by atoms with Crippen LogP contribution in [0.2, 0.25) is 0 Å². The first kappa shape index (κ1) is 9.96. The van der Waals surface area contributed by atoms with Gasteiger partial charge in [-0.25, -0.2) is 0 Å². The van der Waals surface area contributed by atoms with E-state index in [1.807, 2.05) is 0 Å². The van der Waals surface area contributed by atoms with Gasteiger partial charge in [-0.15, -0.1) is 0 Å². The predicted molar refractivity (Wildman–Crippen MR) is 49.3 cm³/mol. The summed E-state index contributed by atoms with van der Waals surface area (Å²) in [5.41, 5.74) is 0. The number of hydrogen-bond acceptors (Lipinski definition) is 3. The molecule has 3 nitrogen and oxygen atoms in total. The molecule has 2 saturated heterocycles. The maximum Gasteiger partial charge on any atom is 0.0238 e. The first-order chi connectivity index (χ1) is 5.89. The topological polar surface area (TPSA) is 35.5 Å². The molecule has 0 aromatic rings. The molecule has 0 aromatic heterocycles. The highest BCUT2D eigenvalue weighted by molar-refractivity contribution is 4.55. The average molecular weight is 172 g/mol. The van der Waals surface area contributed by atoms with Gasteiger partial charge in [0.05, 0.1) is 0 Å². The highest BCUT2D eigenvalue weighted by atomic mass is 16.5. The van der Waals surface area contributed by atoms with Crippen molar-refractivity contribution >= 4 is 0 Å². The second-order valence-corrected chi connectivity index (χ2v) is 3.47. The van der Waals surface area contributed by atoms with E-state index in [4.69, 9.17) is 5.21 Å². The third kappa shape index (κ3) is 4.70. The van der Waals surface area contributed by atoms with Gasteiger partial charge in [-0.3, -0.25) is 0 Å². The number of nitrogens with one attached hydrogen (secondary N) is 1. The Balaban J connectivity index is 0.000000127. The summed E-state index contributed by atoms with van der Waals surface area (Å²) in [5, 5.41) is 13.4. The molecule has 2 N–H and O–H groups in total. The third-order valence-corrected chi connectivity index (χ3v) is 2.29. The molecular formula is C9H20N2O. The zero-order chi connectivity index (χ0) is 8.65. The molecule has 2 fully saturated rings. The van der Waals surface area contributed by atoms with E-state index in [-0.39, 0.29) is 0 Å². The quantitative estimate of drug-likeness (QED) is 0.577. The predicted octanol–water partition coefficient (Wildman–Crippen LogP) is 1.23. The van der Waals surface area contributed by atoms with Crippen molar-refractivity contribution in [2.45, 2.75) is 32.1 Å². The van der Waals surface area contributed by atoms with Crippen LogP contribution in [0.25, 0.3) is 0 Å². The highest BCUT2D eigenvalue weighted by Gasteiger charge is 2.04. The lowest BCUT2D eigenvalue weighted by molar-refractivity contribution is -0.103. The van der Waals surface area contributed by atoms with E-state index in [1.54, 1.807) is 0 Å². The molecule has 0 aliphatic carbocycles. The number of rotatable bonds is 0. The molecule has 0 atom stereocenters. The van der Waals surface area contributed by atoms with Crippen LogP contribution >= 0.6 is 0 Å².